The molecule has 1 aromatic rings. The molecule has 2 heteroatoms. The van der Waals surface area contributed by atoms with Crippen molar-refractivity contribution < 1.29 is 0 Å². The predicted octanol–water partition coefficient (Wildman–Crippen LogP) is 5.44. The SMILES string of the molecule is CC.CC.CC.[B].c1cc2nc(c1)CCCCCC2. The first-order valence-electron chi connectivity index (χ1n) is 7.90. The van der Waals surface area contributed by atoms with Crippen molar-refractivity contribution in [2.45, 2.75) is 80.1 Å². The summed E-state index contributed by atoms with van der Waals surface area (Å²) in [7, 11) is 0. The Kier molecular flexibility index (Phi) is 24.0. The molecule has 1 aliphatic heterocycles. The van der Waals surface area contributed by atoms with Gasteiger partial charge >= 0.3 is 0 Å². The molecule has 1 aromatic heterocycles. The minimum atomic E-state index is 0. The van der Waals surface area contributed by atoms with Crippen LogP contribution in [-0.4, -0.2) is 13.4 Å². The van der Waals surface area contributed by atoms with Gasteiger partial charge in [-0.05, 0) is 37.8 Å². The maximum absolute atomic E-state index is 4.59. The average molecular weight is 262 g/mol. The summed E-state index contributed by atoms with van der Waals surface area (Å²) in [5, 5.41) is 0. The molecule has 109 valence electrons. The maximum atomic E-state index is 4.59. The van der Waals surface area contributed by atoms with Crippen LogP contribution >= 0.6 is 0 Å². The van der Waals surface area contributed by atoms with Crippen molar-refractivity contribution >= 4 is 8.41 Å². The molecule has 2 bridgehead atoms. The van der Waals surface area contributed by atoms with Crippen LogP contribution in [0.15, 0.2) is 18.2 Å². The van der Waals surface area contributed by atoms with Crippen LogP contribution in [0.1, 0.15) is 78.6 Å². The topological polar surface area (TPSA) is 12.9 Å². The van der Waals surface area contributed by atoms with E-state index in [1.54, 1.807) is 0 Å². The highest BCUT2D eigenvalue weighted by atomic mass is 14.7. The Labute approximate surface area is 123 Å². The van der Waals surface area contributed by atoms with Crippen LogP contribution in [0.25, 0.3) is 0 Å². The van der Waals surface area contributed by atoms with Gasteiger partial charge in [-0.3, -0.25) is 4.98 Å². The summed E-state index contributed by atoms with van der Waals surface area (Å²) in [6.07, 6.45) is 7.73. The Morgan fingerprint density at radius 2 is 1.05 bits per heavy atom. The van der Waals surface area contributed by atoms with Crippen LogP contribution in [0.2, 0.25) is 0 Å². The monoisotopic (exact) mass is 262 g/mol. The third-order valence-corrected chi connectivity index (χ3v) is 2.48. The van der Waals surface area contributed by atoms with Crippen molar-refractivity contribution in [2.75, 3.05) is 0 Å². The number of aryl methyl sites for hydroxylation is 2. The lowest BCUT2D eigenvalue weighted by Crippen LogP contribution is -1.92. The zero-order valence-corrected chi connectivity index (χ0v) is 14.0. The molecule has 0 fully saturated rings. The normalized spacial score (nSPS) is 12.1. The molecule has 0 N–H and O–H groups in total. The fraction of sp³-hybridized carbons (Fsp3) is 0.706. The van der Waals surface area contributed by atoms with Gasteiger partial charge in [-0.2, -0.15) is 0 Å². The second-order valence-electron chi connectivity index (χ2n) is 3.53. The number of fused-ring (bicyclic) bond motifs is 2. The second kappa shape index (κ2) is 19.6. The van der Waals surface area contributed by atoms with Gasteiger partial charge in [0.05, 0.1) is 0 Å². The molecule has 1 aliphatic rings. The fourth-order valence-electron chi connectivity index (χ4n) is 1.77. The predicted molar refractivity (Wildman–Crippen MR) is 89.9 cm³/mol. The van der Waals surface area contributed by atoms with Gasteiger partial charge in [0, 0.05) is 19.8 Å². The smallest absolute Gasteiger partial charge is 0.0406 e. The van der Waals surface area contributed by atoms with Crippen LogP contribution in [-0.2, 0) is 12.8 Å². The molecule has 0 saturated heterocycles. The molecular formula is C17H33BN. The molecule has 19 heavy (non-hydrogen) atoms. The summed E-state index contributed by atoms with van der Waals surface area (Å²) in [5.41, 5.74) is 2.57. The number of hydrogen-bond donors (Lipinski definition) is 0. The molecule has 2 rings (SSSR count). The molecular weight excluding hydrogens is 229 g/mol. The molecule has 0 aliphatic carbocycles. The molecule has 0 saturated carbocycles. The van der Waals surface area contributed by atoms with Crippen LogP contribution < -0.4 is 0 Å². The van der Waals surface area contributed by atoms with Crippen LogP contribution in [0.5, 0.6) is 0 Å². The molecule has 0 spiro atoms. The van der Waals surface area contributed by atoms with E-state index in [1.165, 1.54) is 49.9 Å². The van der Waals surface area contributed by atoms with Crippen LogP contribution in [0.4, 0.5) is 0 Å². The zero-order chi connectivity index (χ0) is 14.2. The van der Waals surface area contributed by atoms with E-state index in [9.17, 15) is 0 Å². The molecule has 0 aromatic carbocycles. The molecule has 2 heterocycles. The third-order valence-electron chi connectivity index (χ3n) is 2.48. The van der Waals surface area contributed by atoms with Crippen LogP contribution in [0.3, 0.4) is 0 Å². The van der Waals surface area contributed by atoms with E-state index in [2.05, 4.69) is 23.2 Å². The summed E-state index contributed by atoms with van der Waals surface area (Å²) < 4.78 is 0. The number of aromatic nitrogens is 1. The van der Waals surface area contributed by atoms with E-state index in [0.29, 0.717) is 0 Å². The number of rotatable bonds is 0. The number of hydrogen-bond acceptors (Lipinski definition) is 1. The lowest BCUT2D eigenvalue weighted by atomic mass is 10.1. The van der Waals surface area contributed by atoms with Gasteiger partial charge in [-0.25, -0.2) is 0 Å². The lowest BCUT2D eigenvalue weighted by molar-refractivity contribution is 0.649. The van der Waals surface area contributed by atoms with Gasteiger partial charge in [-0.1, -0.05) is 60.5 Å². The summed E-state index contributed by atoms with van der Waals surface area (Å²) in [4.78, 5) is 4.59. The van der Waals surface area contributed by atoms with Gasteiger partial charge in [0.2, 0.25) is 0 Å². The Balaban J connectivity index is -0.000000325. The number of nitrogens with zero attached hydrogens (tertiary/aromatic N) is 1. The first kappa shape index (κ1) is 23.3. The lowest BCUT2D eigenvalue weighted by Gasteiger charge is -1.99. The largest absolute Gasteiger partial charge is 0.258 e. The Morgan fingerprint density at radius 1 is 0.684 bits per heavy atom. The van der Waals surface area contributed by atoms with E-state index in [4.69, 9.17) is 0 Å². The van der Waals surface area contributed by atoms with Gasteiger partial charge in [0.25, 0.3) is 0 Å². The summed E-state index contributed by atoms with van der Waals surface area (Å²) >= 11 is 0. The van der Waals surface area contributed by atoms with Crippen molar-refractivity contribution in [3.05, 3.63) is 29.6 Å². The van der Waals surface area contributed by atoms with Crippen molar-refractivity contribution in [1.29, 1.82) is 0 Å². The van der Waals surface area contributed by atoms with Crippen molar-refractivity contribution in [3.8, 4) is 0 Å². The Bertz CT molecular complexity index is 238. The van der Waals surface area contributed by atoms with Gasteiger partial charge in [0.1, 0.15) is 0 Å². The van der Waals surface area contributed by atoms with Crippen LogP contribution in [0, 0.1) is 0 Å². The van der Waals surface area contributed by atoms with E-state index in [1.807, 2.05) is 41.5 Å². The fourth-order valence-corrected chi connectivity index (χ4v) is 1.77. The molecule has 3 radical (unpaired) electrons. The maximum Gasteiger partial charge on any atom is 0.0406 e. The molecule has 0 amide bonds. The highest BCUT2D eigenvalue weighted by molar-refractivity contribution is 5.75. The Morgan fingerprint density at radius 3 is 1.42 bits per heavy atom. The third kappa shape index (κ3) is 12.0. The summed E-state index contributed by atoms with van der Waals surface area (Å²) in [6, 6.07) is 6.44. The Hall–Kier alpha value is -0.785. The van der Waals surface area contributed by atoms with Gasteiger partial charge < -0.3 is 0 Å². The quantitative estimate of drug-likeness (QED) is 0.567. The van der Waals surface area contributed by atoms with Gasteiger partial charge in [0.15, 0.2) is 0 Å². The molecule has 0 unspecified atom stereocenters. The molecule has 0 atom stereocenters. The van der Waals surface area contributed by atoms with E-state index in [0.717, 1.165) is 0 Å². The van der Waals surface area contributed by atoms with Crippen molar-refractivity contribution in [1.82, 2.24) is 4.98 Å². The van der Waals surface area contributed by atoms with Crippen molar-refractivity contribution in [3.63, 3.8) is 0 Å². The highest BCUT2D eigenvalue weighted by Crippen LogP contribution is 2.12. The minimum absolute atomic E-state index is 0. The summed E-state index contributed by atoms with van der Waals surface area (Å²) in [5.74, 6) is 0. The van der Waals surface area contributed by atoms with Gasteiger partial charge in [-0.15, -0.1) is 0 Å². The first-order valence-corrected chi connectivity index (χ1v) is 7.90. The average Bonchev–Trinajstić information content (AvgIpc) is 2.56. The minimum Gasteiger partial charge on any atom is -0.258 e. The molecule has 1 nitrogen and oxygen atoms in total. The number of pyridine rings is 1. The van der Waals surface area contributed by atoms with E-state index in [-0.39, 0.29) is 8.41 Å². The standard InChI is InChI=1S/C11H15N.3C2H6.B/c1-2-4-7-11-9-5-8-10(12-11)6-3-1;3*1-2;/h5,8-9H,1-4,6-7H2;3*1-2H3;. The van der Waals surface area contributed by atoms with E-state index >= 15 is 0 Å². The van der Waals surface area contributed by atoms with E-state index < -0.39 is 0 Å². The van der Waals surface area contributed by atoms with Crippen molar-refractivity contribution in [2.24, 2.45) is 0 Å². The summed E-state index contributed by atoms with van der Waals surface area (Å²) in [6.45, 7) is 12.0. The first-order chi connectivity index (χ1) is 8.95. The zero-order valence-electron chi connectivity index (χ0n) is 14.0. The highest BCUT2D eigenvalue weighted by Gasteiger charge is 2.01. The second-order valence-corrected chi connectivity index (χ2v) is 3.53.